The number of alkyl halides is 3. The lowest BCUT2D eigenvalue weighted by atomic mass is 10.1. The minimum absolute atomic E-state index is 0.0386. The first-order chi connectivity index (χ1) is 13.8. The number of nitrogens with zero attached hydrogens (tertiary/aromatic N) is 1. The highest BCUT2D eigenvalue weighted by atomic mass is 19.4. The highest BCUT2D eigenvalue weighted by Gasteiger charge is 2.35. The molecule has 1 aliphatic rings. The highest BCUT2D eigenvalue weighted by Crippen LogP contribution is 2.30. The molecule has 1 atom stereocenters. The van der Waals surface area contributed by atoms with Gasteiger partial charge in [0.25, 0.3) is 0 Å². The zero-order chi connectivity index (χ0) is 20.9. The summed E-state index contributed by atoms with van der Waals surface area (Å²) in [5.41, 5.74) is 0.459. The van der Waals surface area contributed by atoms with Gasteiger partial charge in [-0.2, -0.15) is 13.2 Å². The van der Waals surface area contributed by atoms with Crippen molar-refractivity contribution in [2.75, 3.05) is 13.1 Å². The second-order valence-electron chi connectivity index (χ2n) is 6.76. The largest absolute Gasteiger partial charge is 0.416 e. The van der Waals surface area contributed by atoms with Gasteiger partial charge in [-0.3, -0.25) is 9.59 Å². The van der Waals surface area contributed by atoms with Crippen LogP contribution < -0.4 is 5.32 Å². The lowest BCUT2D eigenvalue weighted by Gasteiger charge is -2.17. The molecule has 7 heteroatoms. The summed E-state index contributed by atoms with van der Waals surface area (Å²) in [6, 6.07) is 14.2. The van der Waals surface area contributed by atoms with Crippen molar-refractivity contribution in [3.8, 4) is 11.8 Å². The van der Waals surface area contributed by atoms with Gasteiger partial charge in [-0.1, -0.05) is 42.2 Å². The second-order valence-corrected chi connectivity index (χ2v) is 6.76. The third kappa shape index (κ3) is 5.61. The minimum atomic E-state index is -4.44. The second kappa shape index (κ2) is 8.82. The fraction of sp³-hybridized carbons (Fsp3) is 0.273. The van der Waals surface area contributed by atoms with Crippen LogP contribution in [0.25, 0.3) is 0 Å². The Morgan fingerprint density at radius 1 is 1.14 bits per heavy atom. The van der Waals surface area contributed by atoms with Gasteiger partial charge in [0, 0.05) is 25.1 Å². The van der Waals surface area contributed by atoms with Crippen LogP contribution in [0.3, 0.4) is 0 Å². The molecule has 1 fully saturated rings. The molecule has 2 aromatic rings. The Balaban J connectivity index is 1.53. The number of hydrogen-bond acceptors (Lipinski definition) is 2. The molecule has 29 heavy (non-hydrogen) atoms. The summed E-state index contributed by atoms with van der Waals surface area (Å²) in [6.45, 7) is 0.374. The first-order valence-corrected chi connectivity index (χ1v) is 9.08. The predicted octanol–water partition coefficient (Wildman–Crippen LogP) is 3.22. The highest BCUT2D eigenvalue weighted by molar-refractivity contribution is 5.89. The van der Waals surface area contributed by atoms with Crippen LogP contribution in [0.1, 0.15) is 23.1 Å². The van der Waals surface area contributed by atoms with E-state index in [4.69, 9.17) is 0 Å². The number of nitrogens with one attached hydrogen (secondary N) is 1. The fourth-order valence-electron chi connectivity index (χ4n) is 3.11. The van der Waals surface area contributed by atoms with E-state index in [1.807, 2.05) is 30.3 Å². The molecule has 1 N–H and O–H groups in total. The molecule has 0 saturated carbocycles. The van der Waals surface area contributed by atoms with E-state index >= 15 is 0 Å². The van der Waals surface area contributed by atoms with Crippen molar-refractivity contribution in [3.05, 3.63) is 71.3 Å². The predicted molar refractivity (Wildman–Crippen MR) is 101 cm³/mol. The topological polar surface area (TPSA) is 49.4 Å². The van der Waals surface area contributed by atoms with Gasteiger partial charge in [-0.15, -0.1) is 0 Å². The van der Waals surface area contributed by atoms with Crippen LogP contribution in [-0.2, 0) is 22.3 Å². The Morgan fingerprint density at radius 2 is 1.90 bits per heavy atom. The molecule has 0 spiro atoms. The Bertz CT molecular complexity index is 946. The van der Waals surface area contributed by atoms with Crippen molar-refractivity contribution in [1.29, 1.82) is 0 Å². The summed E-state index contributed by atoms with van der Waals surface area (Å²) in [4.78, 5) is 25.9. The number of carbonyl (C=O) groups excluding carboxylic acids is 2. The number of amides is 2. The average molecular weight is 400 g/mol. The number of hydrogen-bond donors (Lipinski definition) is 1. The maximum atomic E-state index is 12.8. The van der Waals surface area contributed by atoms with E-state index in [1.165, 1.54) is 17.0 Å². The van der Waals surface area contributed by atoms with Crippen molar-refractivity contribution in [3.63, 3.8) is 0 Å². The van der Waals surface area contributed by atoms with E-state index in [9.17, 15) is 22.8 Å². The fourth-order valence-corrected chi connectivity index (χ4v) is 3.11. The summed E-state index contributed by atoms with van der Waals surface area (Å²) in [5.74, 6) is 4.70. The Labute approximate surface area is 166 Å². The SMILES string of the molecule is O=C(NCC#Cc1ccccc1)C1CC(=O)N(Cc2cccc(C(F)(F)F)c2)C1. The van der Waals surface area contributed by atoms with Gasteiger partial charge in [-0.25, -0.2) is 0 Å². The lowest BCUT2D eigenvalue weighted by molar-refractivity contribution is -0.137. The van der Waals surface area contributed by atoms with Gasteiger partial charge in [0.15, 0.2) is 0 Å². The van der Waals surface area contributed by atoms with Gasteiger partial charge in [0.1, 0.15) is 0 Å². The Morgan fingerprint density at radius 3 is 2.62 bits per heavy atom. The number of likely N-dealkylation sites (tertiary alicyclic amines) is 1. The molecule has 0 radical (unpaired) electrons. The summed E-state index contributed by atoms with van der Waals surface area (Å²) < 4.78 is 38.5. The van der Waals surface area contributed by atoms with E-state index in [2.05, 4.69) is 17.2 Å². The summed E-state index contributed by atoms with van der Waals surface area (Å²) in [6.07, 6.45) is -4.40. The van der Waals surface area contributed by atoms with E-state index in [-0.39, 0.29) is 37.9 Å². The zero-order valence-corrected chi connectivity index (χ0v) is 15.5. The minimum Gasteiger partial charge on any atom is -0.345 e. The van der Waals surface area contributed by atoms with Gasteiger partial charge in [0.2, 0.25) is 11.8 Å². The number of carbonyl (C=O) groups is 2. The molecule has 0 aromatic heterocycles. The molecule has 0 bridgehead atoms. The molecule has 0 aliphatic carbocycles. The van der Waals surface area contributed by atoms with Crippen LogP contribution in [-0.4, -0.2) is 29.8 Å². The summed E-state index contributed by atoms with van der Waals surface area (Å²) in [5, 5.41) is 2.69. The van der Waals surface area contributed by atoms with Gasteiger partial charge < -0.3 is 10.2 Å². The molecule has 1 aliphatic heterocycles. The normalized spacial score (nSPS) is 16.3. The molecule has 3 rings (SSSR count). The molecule has 1 heterocycles. The van der Waals surface area contributed by atoms with Crippen LogP contribution in [0.4, 0.5) is 13.2 Å². The number of rotatable bonds is 4. The first kappa shape index (κ1) is 20.5. The Hall–Kier alpha value is -3.27. The molecule has 1 unspecified atom stereocenters. The molecular weight excluding hydrogens is 381 g/mol. The van der Waals surface area contributed by atoms with E-state index in [0.29, 0.717) is 5.56 Å². The van der Waals surface area contributed by atoms with Crippen molar-refractivity contribution in [2.24, 2.45) is 5.92 Å². The summed E-state index contributed by atoms with van der Waals surface area (Å²) >= 11 is 0. The van der Waals surface area contributed by atoms with Gasteiger partial charge >= 0.3 is 6.18 Å². The molecule has 150 valence electrons. The standard InChI is InChI=1S/C22H19F3N2O2/c23-22(24,25)19-10-4-8-17(12-19)14-27-15-18(13-20(27)28)21(29)26-11-5-9-16-6-2-1-3-7-16/h1-4,6-8,10,12,18H,11,13-15H2,(H,26,29). The summed E-state index contributed by atoms with van der Waals surface area (Å²) in [7, 11) is 0. The van der Waals surface area contributed by atoms with E-state index in [1.54, 1.807) is 0 Å². The quantitative estimate of drug-likeness (QED) is 0.802. The first-order valence-electron chi connectivity index (χ1n) is 9.08. The van der Waals surface area contributed by atoms with Crippen molar-refractivity contribution >= 4 is 11.8 Å². The van der Waals surface area contributed by atoms with Crippen LogP contribution in [0.15, 0.2) is 54.6 Å². The number of benzene rings is 2. The van der Waals surface area contributed by atoms with E-state index < -0.39 is 17.7 Å². The van der Waals surface area contributed by atoms with Gasteiger partial charge in [0.05, 0.1) is 18.0 Å². The lowest BCUT2D eigenvalue weighted by Crippen LogP contribution is -2.33. The zero-order valence-electron chi connectivity index (χ0n) is 15.5. The van der Waals surface area contributed by atoms with Crippen LogP contribution in [0.2, 0.25) is 0 Å². The van der Waals surface area contributed by atoms with E-state index in [0.717, 1.165) is 17.7 Å². The van der Waals surface area contributed by atoms with Crippen LogP contribution >= 0.6 is 0 Å². The average Bonchev–Trinajstić information content (AvgIpc) is 3.06. The smallest absolute Gasteiger partial charge is 0.345 e. The van der Waals surface area contributed by atoms with Crippen LogP contribution in [0, 0.1) is 17.8 Å². The molecule has 2 aromatic carbocycles. The molecule has 4 nitrogen and oxygen atoms in total. The van der Waals surface area contributed by atoms with Crippen molar-refractivity contribution in [1.82, 2.24) is 10.2 Å². The maximum absolute atomic E-state index is 12.8. The van der Waals surface area contributed by atoms with Crippen molar-refractivity contribution in [2.45, 2.75) is 19.1 Å². The van der Waals surface area contributed by atoms with Crippen LogP contribution in [0.5, 0.6) is 0 Å². The third-order valence-electron chi connectivity index (χ3n) is 4.57. The molecule has 2 amide bonds. The maximum Gasteiger partial charge on any atom is 0.416 e. The van der Waals surface area contributed by atoms with Crippen molar-refractivity contribution < 1.29 is 22.8 Å². The number of halogens is 3. The third-order valence-corrected chi connectivity index (χ3v) is 4.57. The Kier molecular flexibility index (Phi) is 6.23. The van der Waals surface area contributed by atoms with Gasteiger partial charge in [-0.05, 0) is 29.8 Å². The molecule has 1 saturated heterocycles. The monoisotopic (exact) mass is 400 g/mol. The molecular formula is C22H19F3N2O2.